The summed E-state index contributed by atoms with van der Waals surface area (Å²) in [5.41, 5.74) is -0.810. The Morgan fingerprint density at radius 3 is 2.17 bits per heavy atom. The van der Waals surface area contributed by atoms with Crippen LogP contribution in [0.15, 0.2) is 18.2 Å². The summed E-state index contributed by atoms with van der Waals surface area (Å²) in [6, 6.07) is 4.07. The number of rotatable bonds is 7. The number of likely N-dealkylation sites (N-methyl/N-ethyl adjacent to an activating group) is 1. The first-order valence-electron chi connectivity index (χ1n) is 9.72. The van der Waals surface area contributed by atoms with Gasteiger partial charge in [-0.15, -0.1) is 0 Å². The number of hydrogen-bond acceptors (Lipinski definition) is 7. The number of non-ortho nitro benzene ring substituents is 1. The molecular weight excluding hydrogens is 392 g/mol. The topological polar surface area (TPSA) is 123 Å². The van der Waals surface area contributed by atoms with Crippen molar-refractivity contribution in [1.82, 2.24) is 4.90 Å². The normalized spacial score (nSPS) is 11.4. The van der Waals surface area contributed by atoms with Crippen molar-refractivity contribution in [3.63, 3.8) is 0 Å². The summed E-state index contributed by atoms with van der Waals surface area (Å²) in [4.78, 5) is 36.4. The van der Waals surface area contributed by atoms with Crippen molar-refractivity contribution < 1.29 is 24.0 Å². The lowest BCUT2D eigenvalue weighted by atomic mass is 10.2. The zero-order valence-corrected chi connectivity index (χ0v) is 18.7. The van der Waals surface area contributed by atoms with Gasteiger partial charge in [-0.1, -0.05) is 0 Å². The number of hydrogen-bond donors (Lipinski definition) is 2. The average molecular weight is 424 g/mol. The number of anilines is 2. The maximum absolute atomic E-state index is 12.2. The van der Waals surface area contributed by atoms with E-state index in [1.807, 2.05) is 6.92 Å². The molecule has 10 heteroatoms. The number of ether oxygens (including phenoxy) is 2. The highest BCUT2D eigenvalue weighted by Crippen LogP contribution is 2.27. The van der Waals surface area contributed by atoms with Gasteiger partial charge >= 0.3 is 12.2 Å². The summed E-state index contributed by atoms with van der Waals surface area (Å²) < 4.78 is 10.6. The maximum atomic E-state index is 12.2. The molecule has 0 spiro atoms. The van der Waals surface area contributed by atoms with Gasteiger partial charge < -0.3 is 19.7 Å². The van der Waals surface area contributed by atoms with Gasteiger partial charge in [-0.05, 0) is 54.5 Å². The molecule has 0 aliphatic carbocycles. The van der Waals surface area contributed by atoms with E-state index in [9.17, 15) is 19.7 Å². The van der Waals surface area contributed by atoms with Crippen LogP contribution in [0.5, 0.6) is 0 Å². The molecule has 1 rings (SSSR count). The molecule has 0 bridgehead atoms. The molecule has 1 aromatic carbocycles. The van der Waals surface area contributed by atoms with E-state index < -0.39 is 28.3 Å². The fourth-order valence-corrected chi connectivity index (χ4v) is 2.35. The second kappa shape index (κ2) is 10.1. The molecule has 0 aromatic heterocycles. The van der Waals surface area contributed by atoms with Crippen molar-refractivity contribution in [3.8, 4) is 0 Å². The molecule has 0 aliphatic rings. The predicted molar refractivity (Wildman–Crippen MR) is 115 cm³/mol. The minimum Gasteiger partial charge on any atom is -0.444 e. The molecule has 10 nitrogen and oxygen atoms in total. The lowest BCUT2D eigenvalue weighted by Gasteiger charge is -2.26. The van der Waals surface area contributed by atoms with Crippen LogP contribution in [0.2, 0.25) is 0 Å². The minimum atomic E-state index is -0.727. The molecule has 0 unspecified atom stereocenters. The Morgan fingerprint density at radius 1 is 1.07 bits per heavy atom. The van der Waals surface area contributed by atoms with Gasteiger partial charge in [0.1, 0.15) is 11.2 Å². The molecule has 0 aliphatic heterocycles. The fraction of sp³-hybridized carbons (Fsp3) is 0.600. The SMILES string of the molecule is CCN(CCNc1ccc([N+](=O)[O-])cc1NC(=O)OC(C)(C)C)C(=O)OC(C)(C)C. The second-order valence-electron chi connectivity index (χ2n) is 8.60. The van der Waals surface area contributed by atoms with Gasteiger partial charge in [0.15, 0.2) is 0 Å². The highest BCUT2D eigenvalue weighted by Gasteiger charge is 2.22. The van der Waals surface area contributed by atoms with Gasteiger partial charge in [0.25, 0.3) is 5.69 Å². The third kappa shape index (κ3) is 8.97. The zero-order chi connectivity index (χ0) is 23.1. The van der Waals surface area contributed by atoms with Crippen molar-refractivity contribution in [1.29, 1.82) is 0 Å². The van der Waals surface area contributed by atoms with E-state index in [1.165, 1.54) is 23.1 Å². The van der Waals surface area contributed by atoms with E-state index in [2.05, 4.69) is 10.6 Å². The Morgan fingerprint density at radius 2 is 1.67 bits per heavy atom. The maximum Gasteiger partial charge on any atom is 0.412 e. The Bertz CT molecular complexity index is 768. The molecule has 1 aromatic rings. The van der Waals surface area contributed by atoms with E-state index in [-0.39, 0.29) is 11.4 Å². The molecular formula is C20H32N4O6. The molecule has 0 atom stereocenters. The molecule has 0 radical (unpaired) electrons. The second-order valence-corrected chi connectivity index (χ2v) is 8.60. The van der Waals surface area contributed by atoms with Gasteiger partial charge in [-0.2, -0.15) is 0 Å². The molecule has 2 N–H and O–H groups in total. The quantitative estimate of drug-likeness (QED) is 0.484. The fourth-order valence-electron chi connectivity index (χ4n) is 2.35. The first-order valence-corrected chi connectivity index (χ1v) is 9.72. The van der Waals surface area contributed by atoms with Crippen LogP contribution in [-0.4, -0.2) is 52.8 Å². The van der Waals surface area contributed by atoms with E-state index in [1.54, 1.807) is 41.5 Å². The molecule has 30 heavy (non-hydrogen) atoms. The highest BCUT2D eigenvalue weighted by atomic mass is 16.6. The predicted octanol–water partition coefficient (Wildman–Crippen LogP) is 4.61. The highest BCUT2D eigenvalue weighted by molar-refractivity contribution is 5.90. The summed E-state index contributed by atoms with van der Waals surface area (Å²) in [5.74, 6) is 0. The molecule has 0 fully saturated rings. The largest absolute Gasteiger partial charge is 0.444 e. The molecule has 2 amide bonds. The number of nitrogens with zero attached hydrogens (tertiary/aromatic N) is 2. The molecule has 0 saturated heterocycles. The van der Waals surface area contributed by atoms with Gasteiger partial charge in [0.2, 0.25) is 0 Å². The van der Waals surface area contributed by atoms with E-state index in [4.69, 9.17) is 9.47 Å². The van der Waals surface area contributed by atoms with Crippen LogP contribution in [0.1, 0.15) is 48.5 Å². The minimum absolute atomic E-state index is 0.171. The van der Waals surface area contributed by atoms with Crippen molar-refractivity contribution in [2.75, 3.05) is 30.3 Å². The van der Waals surface area contributed by atoms with Crippen LogP contribution in [0.3, 0.4) is 0 Å². The van der Waals surface area contributed by atoms with E-state index in [0.717, 1.165) is 0 Å². The first kappa shape index (κ1) is 25.0. The molecule has 0 heterocycles. The summed E-state index contributed by atoms with van der Waals surface area (Å²) in [6.07, 6.45) is -1.16. The van der Waals surface area contributed by atoms with Gasteiger partial charge in [0, 0.05) is 31.8 Å². The number of nitro benzene ring substituents is 1. The zero-order valence-electron chi connectivity index (χ0n) is 18.7. The Balaban J connectivity index is 2.88. The van der Waals surface area contributed by atoms with E-state index in [0.29, 0.717) is 25.3 Å². The number of amides is 2. The Hall–Kier alpha value is -3.04. The van der Waals surface area contributed by atoms with Crippen LogP contribution >= 0.6 is 0 Å². The van der Waals surface area contributed by atoms with Crippen molar-refractivity contribution >= 4 is 29.2 Å². The van der Waals surface area contributed by atoms with E-state index >= 15 is 0 Å². The third-order valence-corrected chi connectivity index (χ3v) is 3.58. The number of nitro groups is 1. The number of carbonyl (C=O) groups excluding carboxylic acids is 2. The first-order chi connectivity index (χ1) is 13.7. The smallest absolute Gasteiger partial charge is 0.412 e. The lowest BCUT2D eigenvalue weighted by molar-refractivity contribution is -0.384. The Kier molecular flexibility index (Phi) is 8.44. The van der Waals surface area contributed by atoms with Crippen LogP contribution in [0, 0.1) is 10.1 Å². The van der Waals surface area contributed by atoms with Gasteiger partial charge in [-0.25, -0.2) is 9.59 Å². The van der Waals surface area contributed by atoms with Gasteiger partial charge in [0.05, 0.1) is 16.3 Å². The molecule has 168 valence electrons. The van der Waals surface area contributed by atoms with Crippen molar-refractivity contribution in [2.45, 2.75) is 59.7 Å². The standard InChI is InChI=1S/C20H32N4O6/c1-8-23(18(26)30-20(5,6)7)12-11-21-15-10-9-14(24(27)28)13-16(15)22-17(25)29-19(2,3)4/h9-10,13,21H,8,11-12H2,1-7H3,(H,22,25). The lowest BCUT2D eigenvalue weighted by Crippen LogP contribution is -2.39. The summed E-state index contributed by atoms with van der Waals surface area (Å²) in [7, 11) is 0. The summed E-state index contributed by atoms with van der Waals surface area (Å²) in [6.45, 7) is 13.5. The van der Waals surface area contributed by atoms with Crippen LogP contribution in [0.4, 0.5) is 26.7 Å². The monoisotopic (exact) mass is 424 g/mol. The van der Waals surface area contributed by atoms with Gasteiger partial charge in [-0.3, -0.25) is 15.4 Å². The van der Waals surface area contributed by atoms with Crippen molar-refractivity contribution in [2.24, 2.45) is 0 Å². The molecule has 0 saturated carbocycles. The van der Waals surface area contributed by atoms with Crippen LogP contribution in [-0.2, 0) is 9.47 Å². The average Bonchev–Trinajstić information content (AvgIpc) is 2.56. The third-order valence-electron chi connectivity index (χ3n) is 3.58. The number of carbonyl (C=O) groups is 2. The van der Waals surface area contributed by atoms with Crippen LogP contribution < -0.4 is 10.6 Å². The Labute approximate surface area is 177 Å². The number of benzene rings is 1. The summed E-state index contributed by atoms with van der Waals surface area (Å²) >= 11 is 0. The number of nitrogens with one attached hydrogen (secondary N) is 2. The van der Waals surface area contributed by atoms with Crippen molar-refractivity contribution in [3.05, 3.63) is 28.3 Å². The summed E-state index contributed by atoms with van der Waals surface area (Å²) in [5, 5.41) is 16.7. The van der Waals surface area contributed by atoms with Crippen LogP contribution in [0.25, 0.3) is 0 Å².